The van der Waals surface area contributed by atoms with Crippen molar-refractivity contribution in [3.05, 3.63) is 0 Å². The zero-order chi connectivity index (χ0) is 11.9. The van der Waals surface area contributed by atoms with E-state index in [1.807, 2.05) is 0 Å². The molecule has 1 aliphatic heterocycles. The predicted molar refractivity (Wildman–Crippen MR) is 59.8 cm³/mol. The fourth-order valence-electron chi connectivity index (χ4n) is 1.30. The quantitative estimate of drug-likeness (QED) is 0.712. The number of alkyl halides is 5. The summed E-state index contributed by atoms with van der Waals surface area (Å²) in [4.78, 5) is 2.47. The zero-order valence-corrected chi connectivity index (χ0v) is 10.8. The van der Waals surface area contributed by atoms with Crippen molar-refractivity contribution in [1.82, 2.24) is 0 Å². The Morgan fingerprint density at radius 2 is 2.00 bits per heavy atom. The van der Waals surface area contributed by atoms with Gasteiger partial charge in [0, 0.05) is 0 Å². The maximum atomic E-state index is 12.3. The van der Waals surface area contributed by atoms with Gasteiger partial charge in [-0.3, -0.25) is 0 Å². The van der Waals surface area contributed by atoms with E-state index in [4.69, 9.17) is 23.2 Å². The van der Waals surface area contributed by atoms with Gasteiger partial charge < -0.3 is 4.74 Å². The first kappa shape index (κ1) is 16.1. The van der Waals surface area contributed by atoms with Crippen molar-refractivity contribution >= 4 is 41.5 Å². The lowest BCUT2D eigenvalue weighted by atomic mass is 9.94. The highest BCUT2D eigenvalue weighted by molar-refractivity contribution is 6.44. The van der Waals surface area contributed by atoms with E-state index in [0.29, 0.717) is 6.42 Å². The maximum Gasteiger partial charge on any atom is 0.468 e. The van der Waals surface area contributed by atoms with E-state index >= 15 is 0 Å². The molecule has 0 aromatic rings. The molecule has 0 bridgehead atoms. The van der Waals surface area contributed by atoms with Crippen molar-refractivity contribution in [2.75, 3.05) is 0 Å². The predicted octanol–water partition coefficient (Wildman–Crippen LogP) is 3.74. The third-order valence-electron chi connectivity index (χ3n) is 2.40. The van der Waals surface area contributed by atoms with E-state index in [1.165, 1.54) is 6.92 Å². The number of aliphatic imine (C=N–C) groups is 1. The van der Waals surface area contributed by atoms with Crippen LogP contribution in [0.4, 0.5) is 13.2 Å². The molecule has 2 atom stereocenters. The maximum absolute atomic E-state index is 12.3. The molecular weight excluding hydrogens is 289 g/mol. The molecule has 1 heterocycles. The molecule has 2 unspecified atom stereocenters. The van der Waals surface area contributed by atoms with E-state index in [2.05, 4.69) is 9.73 Å². The van der Waals surface area contributed by atoms with Gasteiger partial charge in [0.1, 0.15) is 10.4 Å². The van der Waals surface area contributed by atoms with E-state index in [9.17, 15) is 13.2 Å². The Hall–Kier alpha value is 0.130. The highest BCUT2D eigenvalue weighted by atomic mass is 35.5. The average molecular weight is 301 g/mol. The zero-order valence-electron chi connectivity index (χ0n) is 8.52. The summed E-state index contributed by atoms with van der Waals surface area (Å²) in [6.45, 7) is 3.24. The van der Waals surface area contributed by atoms with Gasteiger partial charge in [0.2, 0.25) is 0 Å². The number of hydrogen-bond acceptors (Lipinski definition) is 2. The molecule has 0 aliphatic carbocycles. The largest absolute Gasteiger partial charge is 0.468 e. The fraction of sp³-hybridized carbons (Fsp3) is 0.875. The normalized spacial score (nSPS) is 29.8. The SMILES string of the molecule is CCC1(C)N=C(C(F)(F)F)OC1C(Cl)Cl.Cl. The molecule has 0 saturated heterocycles. The van der Waals surface area contributed by atoms with Gasteiger partial charge in [0.25, 0.3) is 5.90 Å². The summed E-state index contributed by atoms with van der Waals surface area (Å²) in [5, 5.41) is 0. The van der Waals surface area contributed by atoms with Crippen molar-refractivity contribution in [1.29, 1.82) is 0 Å². The fourth-order valence-corrected chi connectivity index (χ4v) is 1.95. The molecule has 0 aromatic heterocycles. The number of halogens is 6. The minimum Gasteiger partial charge on any atom is -0.466 e. The standard InChI is InChI=1S/C8H10Cl2F3NO.ClH/c1-3-7(2)4(5(9)10)15-6(14-7)8(11,12)13;/h4-5H,3H2,1-2H3;1H. The second-order valence-electron chi connectivity index (χ2n) is 3.50. The monoisotopic (exact) mass is 299 g/mol. The first-order valence-electron chi connectivity index (χ1n) is 4.32. The lowest BCUT2D eigenvalue weighted by molar-refractivity contribution is -0.0792. The summed E-state index contributed by atoms with van der Waals surface area (Å²) in [6, 6.07) is 0. The molecule has 0 radical (unpaired) electrons. The Morgan fingerprint density at radius 3 is 2.25 bits per heavy atom. The molecule has 0 amide bonds. The molecule has 8 heteroatoms. The molecule has 0 N–H and O–H groups in total. The highest BCUT2D eigenvalue weighted by Crippen LogP contribution is 2.38. The van der Waals surface area contributed by atoms with Crippen molar-refractivity contribution < 1.29 is 17.9 Å². The van der Waals surface area contributed by atoms with Gasteiger partial charge in [-0.15, -0.1) is 35.6 Å². The van der Waals surface area contributed by atoms with Crippen molar-refractivity contribution in [2.45, 2.75) is 42.9 Å². The van der Waals surface area contributed by atoms with Crippen LogP contribution in [0.5, 0.6) is 0 Å². The summed E-state index contributed by atoms with van der Waals surface area (Å²) < 4.78 is 41.7. The Bertz CT molecular complexity index is 282. The lowest BCUT2D eigenvalue weighted by Gasteiger charge is -2.26. The van der Waals surface area contributed by atoms with Gasteiger partial charge in [0.05, 0.1) is 0 Å². The first-order chi connectivity index (χ1) is 6.70. The summed E-state index contributed by atoms with van der Waals surface area (Å²) in [6.07, 6.45) is -5.18. The van der Waals surface area contributed by atoms with E-state index in [0.717, 1.165) is 0 Å². The molecule has 0 spiro atoms. The van der Waals surface area contributed by atoms with Crippen molar-refractivity contribution in [3.8, 4) is 0 Å². The Kier molecular flexibility index (Phi) is 5.23. The van der Waals surface area contributed by atoms with Gasteiger partial charge >= 0.3 is 6.18 Å². The second-order valence-corrected chi connectivity index (χ2v) is 4.66. The Morgan fingerprint density at radius 1 is 1.50 bits per heavy atom. The van der Waals surface area contributed by atoms with Crippen LogP contribution < -0.4 is 0 Å². The molecule has 0 fully saturated rings. The number of nitrogens with zero attached hydrogens (tertiary/aromatic N) is 1. The van der Waals surface area contributed by atoms with Crippen LogP contribution >= 0.6 is 35.6 Å². The number of ether oxygens (including phenoxy) is 1. The van der Waals surface area contributed by atoms with Crippen LogP contribution in [0.3, 0.4) is 0 Å². The lowest BCUT2D eigenvalue weighted by Crippen LogP contribution is -2.39. The van der Waals surface area contributed by atoms with E-state index < -0.39 is 28.6 Å². The van der Waals surface area contributed by atoms with Crippen molar-refractivity contribution in [2.24, 2.45) is 4.99 Å². The molecule has 16 heavy (non-hydrogen) atoms. The smallest absolute Gasteiger partial charge is 0.466 e. The van der Waals surface area contributed by atoms with Crippen LogP contribution in [0.15, 0.2) is 4.99 Å². The molecule has 0 aromatic carbocycles. The molecular formula is C8H11Cl3F3NO. The molecule has 0 saturated carbocycles. The minimum absolute atomic E-state index is 0. The number of rotatable bonds is 2. The van der Waals surface area contributed by atoms with Crippen molar-refractivity contribution in [3.63, 3.8) is 0 Å². The molecule has 2 nitrogen and oxygen atoms in total. The topological polar surface area (TPSA) is 21.6 Å². The van der Waals surface area contributed by atoms with Crippen LogP contribution in [0.1, 0.15) is 20.3 Å². The molecule has 1 rings (SSSR count). The second kappa shape index (κ2) is 5.19. The Labute approximate surface area is 108 Å². The summed E-state index contributed by atoms with van der Waals surface area (Å²) in [5.74, 6) is -1.25. The molecule has 96 valence electrons. The summed E-state index contributed by atoms with van der Waals surface area (Å²) in [7, 11) is 0. The van der Waals surface area contributed by atoms with Crippen LogP contribution in [0.2, 0.25) is 0 Å². The van der Waals surface area contributed by atoms with Gasteiger partial charge in [0.15, 0.2) is 6.10 Å². The third-order valence-corrected chi connectivity index (χ3v) is 2.85. The summed E-state index contributed by atoms with van der Waals surface area (Å²) in [5.41, 5.74) is -1.01. The third kappa shape index (κ3) is 3.08. The van der Waals surface area contributed by atoms with Gasteiger partial charge in [-0.1, -0.05) is 6.92 Å². The first-order valence-corrected chi connectivity index (χ1v) is 5.20. The van der Waals surface area contributed by atoms with Gasteiger partial charge in [-0.05, 0) is 13.3 Å². The van der Waals surface area contributed by atoms with Gasteiger partial charge in [-0.2, -0.15) is 13.2 Å². The van der Waals surface area contributed by atoms with E-state index in [-0.39, 0.29) is 12.4 Å². The van der Waals surface area contributed by atoms with E-state index in [1.54, 1.807) is 6.92 Å². The number of hydrogen-bond donors (Lipinski definition) is 0. The highest BCUT2D eigenvalue weighted by Gasteiger charge is 2.52. The minimum atomic E-state index is -4.59. The Balaban J connectivity index is 0.00000225. The van der Waals surface area contributed by atoms with Crippen LogP contribution in [-0.4, -0.2) is 28.6 Å². The van der Waals surface area contributed by atoms with Crippen LogP contribution in [-0.2, 0) is 4.74 Å². The summed E-state index contributed by atoms with van der Waals surface area (Å²) >= 11 is 11.1. The van der Waals surface area contributed by atoms with Crippen LogP contribution in [0.25, 0.3) is 0 Å². The molecule has 1 aliphatic rings. The van der Waals surface area contributed by atoms with Gasteiger partial charge in [-0.25, -0.2) is 4.99 Å². The average Bonchev–Trinajstić information content (AvgIpc) is 2.43. The van der Waals surface area contributed by atoms with Crippen LogP contribution in [0, 0.1) is 0 Å².